The molecule has 1 aliphatic heterocycles. The van der Waals surface area contributed by atoms with E-state index in [-0.39, 0.29) is 33.3 Å². The first-order chi connectivity index (χ1) is 23.7. The molecule has 9 nitrogen and oxygen atoms in total. The average molecular weight is 721 g/mol. The summed E-state index contributed by atoms with van der Waals surface area (Å²) in [5.41, 5.74) is 4.16. The molecule has 1 heterocycles. The topological polar surface area (TPSA) is 131 Å². The summed E-state index contributed by atoms with van der Waals surface area (Å²) in [5.74, 6) is 1.29. The summed E-state index contributed by atoms with van der Waals surface area (Å²) >= 11 is 8.58. The van der Waals surface area contributed by atoms with Crippen LogP contribution in [0, 0.1) is 0 Å². The molecule has 1 saturated heterocycles. The van der Waals surface area contributed by atoms with Crippen LogP contribution in [0.2, 0.25) is 5.02 Å². The molecule has 0 aliphatic carbocycles. The normalized spacial score (nSPS) is 14.2. The summed E-state index contributed by atoms with van der Waals surface area (Å²) in [6, 6.07) is 30.0. The zero-order chi connectivity index (χ0) is 35.0. The van der Waals surface area contributed by atoms with E-state index < -0.39 is 0 Å². The van der Waals surface area contributed by atoms with Crippen molar-refractivity contribution in [1.82, 2.24) is 10.6 Å². The fourth-order valence-corrected chi connectivity index (χ4v) is 6.49. The van der Waals surface area contributed by atoms with Gasteiger partial charge in [-0.1, -0.05) is 78.0 Å². The number of rotatable bonds is 15. The van der Waals surface area contributed by atoms with E-state index in [0.717, 1.165) is 63.4 Å². The second-order valence-electron chi connectivity index (χ2n) is 10.9. The van der Waals surface area contributed by atoms with Crippen molar-refractivity contribution in [2.75, 3.05) is 19.5 Å². The molecule has 0 saturated carbocycles. The Labute approximate surface area is 299 Å². The molecule has 2 atom stereocenters. The molecule has 0 bridgehead atoms. The molecule has 0 radical (unpaired) electrons. The summed E-state index contributed by atoms with van der Waals surface area (Å²) in [5, 5.41) is 13.6. The lowest BCUT2D eigenvalue weighted by Gasteiger charge is -2.13. The second-order valence-corrected chi connectivity index (χ2v) is 13.5. The van der Waals surface area contributed by atoms with Gasteiger partial charge in [-0.05, 0) is 83.8 Å². The Kier molecular flexibility index (Phi) is 14.9. The Bertz CT molecular complexity index is 1690. The number of imide groups is 2. The van der Waals surface area contributed by atoms with Gasteiger partial charge in [-0.15, -0.1) is 0 Å². The standard InChI is InChI=1S/C19H20ClNO3S.C18H17NO4S/c1-25-18(19(23)21-13-22)12-14-6-8-16(9-7-14)24-11-10-15-4-2-3-5-17(15)20;20-14-5-1-12(2-6-14)9-10-23-15-7-3-13(4-8-15)11-16-17(21)19-18(22)24-16/h2-9,13,18H,10-12H2,1H3,(H,21,22,23);1-8,16,20H,9-11H2,(H,19,21,22). The maximum atomic E-state index is 11.8. The van der Waals surface area contributed by atoms with Crippen molar-refractivity contribution in [3.8, 4) is 17.2 Å². The van der Waals surface area contributed by atoms with Gasteiger partial charge in [0.1, 0.15) is 17.2 Å². The van der Waals surface area contributed by atoms with Gasteiger partial charge >= 0.3 is 0 Å². The summed E-state index contributed by atoms with van der Waals surface area (Å²) in [6.45, 7) is 1.08. The first-order valence-electron chi connectivity index (χ1n) is 15.5. The third-order valence-corrected chi connectivity index (χ3v) is 9.73. The largest absolute Gasteiger partial charge is 0.508 e. The average Bonchev–Trinajstić information content (AvgIpc) is 3.42. The number of carbonyl (C=O) groups is 4. The lowest BCUT2D eigenvalue weighted by Crippen LogP contribution is -2.32. The van der Waals surface area contributed by atoms with Crippen LogP contribution in [0.5, 0.6) is 17.2 Å². The molecule has 4 aromatic carbocycles. The highest BCUT2D eigenvalue weighted by molar-refractivity contribution is 8.15. The summed E-state index contributed by atoms with van der Waals surface area (Å²) in [7, 11) is 0. The summed E-state index contributed by atoms with van der Waals surface area (Å²) < 4.78 is 11.5. The Balaban J connectivity index is 0.000000221. The minimum Gasteiger partial charge on any atom is -0.508 e. The van der Waals surface area contributed by atoms with Crippen LogP contribution < -0.4 is 20.1 Å². The number of hydrogen-bond donors (Lipinski definition) is 3. The number of phenols is 1. The number of hydrogen-bond acceptors (Lipinski definition) is 9. The van der Waals surface area contributed by atoms with Gasteiger partial charge in [0.25, 0.3) is 5.24 Å². The van der Waals surface area contributed by atoms with Crippen molar-refractivity contribution >= 4 is 58.6 Å². The van der Waals surface area contributed by atoms with Crippen molar-refractivity contribution in [2.45, 2.75) is 36.2 Å². The summed E-state index contributed by atoms with van der Waals surface area (Å²) in [4.78, 5) is 44.9. The number of nitrogens with one attached hydrogen (secondary N) is 2. The highest BCUT2D eigenvalue weighted by Crippen LogP contribution is 2.24. The van der Waals surface area contributed by atoms with Gasteiger partial charge < -0.3 is 14.6 Å². The van der Waals surface area contributed by atoms with Crippen LogP contribution in [-0.4, -0.2) is 58.5 Å². The van der Waals surface area contributed by atoms with Crippen molar-refractivity contribution in [3.05, 3.63) is 124 Å². The molecule has 1 aliphatic rings. The van der Waals surface area contributed by atoms with Crippen LogP contribution in [0.1, 0.15) is 22.3 Å². The summed E-state index contributed by atoms with van der Waals surface area (Å²) in [6.07, 6.45) is 4.84. The van der Waals surface area contributed by atoms with Crippen LogP contribution in [0.25, 0.3) is 0 Å². The zero-order valence-electron chi connectivity index (χ0n) is 26.8. The van der Waals surface area contributed by atoms with Crippen molar-refractivity contribution < 1.29 is 33.8 Å². The van der Waals surface area contributed by atoms with E-state index in [4.69, 9.17) is 21.1 Å². The molecular weight excluding hydrogens is 684 g/mol. The van der Waals surface area contributed by atoms with E-state index in [9.17, 15) is 24.3 Å². The molecule has 12 heteroatoms. The van der Waals surface area contributed by atoms with Gasteiger partial charge in [0, 0.05) is 17.9 Å². The molecule has 3 N–H and O–H groups in total. The number of phenolic OH excluding ortho intramolecular Hbond substituents is 1. The maximum absolute atomic E-state index is 11.8. The Hall–Kier alpha value is -4.45. The molecule has 5 rings (SSSR count). The molecular formula is C37H37ClN2O7S2. The van der Waals surface area contributed by atoms with Gasteiger partial charge in [0.05, 0.1) is 23.7 Å². The SMILES string of the molecule is CSC(Cc1ccc(OCCc2ccccc2Cl)cc1)C(=O)NC=O.O=C1NC(=O)C(Cc2ccc(OCCc3ccc(O)cc3)cc2)S1. The highest BCUT2D eigenvalue weighted by atomic mass is 35.5. The molecule has 256 valence electrons. The number of halogens is 1. The molecule has 4 aromatic rings. The van der Waals surface area contributed by atoms with Crippen LogP contribution >= 0.6 is 35.1 Å². The van der Waals surface area contributed by atoms with Crippen LogP contribution in [0.15, 0.2) is 97.1 Å². The van der Waals surface area contributed by atoms with E-state index in [1.807, 2.05) is 91.2 Å². The fraction of sp³-hybridized carbons (Fsp3) is 0.243. The third kappa shape index (κ3) is 12.5. The first kappa shape index (κ1) is 37.4. The van der Waals surface area contributed by atoms with Gasteiger partial charge in [-0.3, -0.25) is 29.8 Å². The minimum atomic E-state index is -0.348. The molecule has 0 spiro atoms. The van der Waals surface area contributed by atoms with Crippen LogP contribution in [0.4, 0.5) is 4.79 Å². The van der Waals surface area contributed by atoms with E-state index in [0.29, 0.717) is 32.5 Å². The van der Waals surface area contributed by atoms with Gasteiger partial charge in [0.2, 0.25) is 18.2 Å². The van der Waals surface area contributed by atoms with Gasteiger partial charge in [-0.25, -0.2) is 0 Å². The molecule has 4 amide bonds. The predicted octanol–water partition coefficient (Wildman–Crippen LogP) is 6.42. The number of ether oxygens (including phenoxy) is 2. The Morgan fingerprint density at radius 1 is 0.898 bits per heavy atom. The van der Waals surface area contributed by atoms with E-state index >= 15 is 0 Å². The van der Waals surface area contributed by atoms with Crippen molar-refractivity contribution in [2.24, 2.45) is 0 Å². The predicted molar refractivity (Wildman–Crippen MR) is 195 cm³/mol. The van der Waals surface area contributed by atoms with E-state index in [2.05, 4.69) is 10.6 Å². The van der Waals surface area contributed by atoms with E-state index in [1.54, 1.807) is 12.1 Å². The number of aromatic hydroxyl groups is 1. The lowest BCUT2D eigenvalue weighted by molar-refractivity contribution is -0.125. The quantitative estimate of drug-likeness (QED) is 0.119. The third-order valence-electron chi connectivity index (χ3n) is 7.43. The first-order valence-corrected chi connectivity index (χ1v) is 18.0. The number of amides is 4. The molecule has 1 fully saturated rings. The molecule has 0 aromatic heterocycles. The number of thioether (sulfide) groups is 2. The van der Waals surface area contributed by atoms with Crippen LogP contribution in [-0.2, 0) is 40.1 Å². The molecule has 49 heavy (non-hydrogen) atoms. The van der Waals surface area contributed by atoms with Gasteiger partial charge in [0.15, 0.2) is 0 Å². The van der Waals surface area contributed by atoms with E-state index in [1.165, 1.54) is 11.8 Å². The number of benzene rings is 4. The highest BCUT2D eigenvalue weighted by Gasteiger charge is 2.31. The van der Waals surface area contributed by atoms with Crippen LogP contribution in [0.3, 0.4) is 0 Å². The monoisotopic (exact) mass is 720 g/mol. The van der Waals surface area contributed by atoms with Crippen molar-refractivity contribution in [3.63, 3.8) is 0 Å². The van der Waals surface area contributed by atoms with Gasteiger partial charge in [-0.2, -0.15) is 11.8 Å². The number of carbonyl (C=O) groups excluding carboxylic acids is 4. The fourth-order valence-electron chi connectivity index (χ4n) is 4.76. The Morgan fingerprint density at radius 2 is 1.49 bits per heavy atom. The second kappa shape index (κ2) is 19.5. The smallest absolute Gasteiger partial charge is 0.286 e. The Morgan fingerprint density at radius 3 is 2.06 bits per heavy atom. The maximum Gasteiger partial charge on any atom is 0.286 e. The zero-order valence-corrected chi connectivity index (χ0v) is 29.2. The lowest BCUT2D eigenvalue weighted by atomic mass is 10.1. The minimum absolute atomic E-state index is 0.223. The van der Waals surface area contributed by atoms with Crippen molar-refractivity contribution in [1.29, 1.82) is 0 Å². The molecule has 2 unspecified atom stereocenters.